The molecule has 1 aliphatic carbocycles. The summed E-state index contributed by atoms with van der Waals surface area (Å²) in [5, 5.41) is 2.80. The Morgan fingerprint density at radius 2 is 2.24 bits per heavy atom. The number of carbonyl (C=O) groups excluding carboxylic acids is 1. The molecule has 0 aliphatic heterocycles. The van der Waals surface area contributed by atoms with Crippen molar-refractivity contribution in [1.82, 2.24) is 5.32 Å². The van der Waals surface area contributed by atoms with Crippen molar-refractivity contribution in [2.24, 2.45) is 0 Å². The Bertz CT molecular complexity index is 414. The van der Waals surface area contributed by atoms with Gasteiger partial charge in [0, 0.05) is 6.42 Å². The molecule has 2 N–H and O–H groups in total. The van der Waals surface area contributed by atoms with Crippen molar-refractivity contribution < 1.29 is 19.0 Å². The normalized spacial score (nSPS) is 20.7. The third-order valence-electron chi connectivity index (χ3n) is 3.39. The molecule has 0 aromatic rings. The van der Waals surface area contributed by atoms with Gasteiger partial charge >= 0.3 is 14.1 Å². The third-order valence-corrected chi connectivity index (χ3v) is 4.51. The Hall–Kier alpha value is -0.930. The predicted octanol–water partition coefficient (Wildman–Crippen LogP) is 3.89. The highest BCUT2D eigenvalue weighted by Crippen LogP contribution is 2.38. The van der Waals surface area contributed by atoms with E-state index in [1.807, 2.05) is 26.8 Å². The van der Waals surface area contributed by atoms with Crippen LogP contribution in [0.25, 0.3) is 0 Å². The van der Waals surface area contributed by atoms with Crippen LogP contribution in [0.3, 0.4) is 0 Å². The molecule has 1 aliphatic rings. The zero-order chi connectivity index (χ0) is 16.0. The Labute approximate surface area is 128 Å². The number of alkyl carbamates (subject to hydrolysis) is 1. The van der Waals surface area contributed by atoms with E-state index in [0.29, 0.717) is 0 Å². The molecule has 6 heteroatoms. The minimum Gasteiger partial charge on any atom is -0.444 e. The summed E-state index contributed by atoms with van der Waals surface area (Å²) in [7, 11) is -2.21. The fourth-order valence-corrected chi connectivity index (χ4v) is 3.34. The number of rotatable bonds is 6. The predicted molar refractivity (Wildman–Crippen MR) is 83.6 cm³/mol. The summed E-state index contributed by atoms with van der Waals surface area (Å²) in [5.74, 6) is 0. The maximum Gasteiger partial charge on any atom is 0.513 e. The molecule has 1 rings (SSSR count). The number of unbranched alkanes of at least 4 members (excludes halogenated alkanes) is 1. The van der Waals surface area contributed by atoms with E-state index in [9.17, 15) is 14.3 Å². The van der Waals surface area contributed by atoms with Crippen LogP contribution < -0.4 is 5.32 Å². The van der Waals surface area contributed by atoms with Gasteiger partial charge < -0.3 is 10.1 Å². The maximum atomic E-state index is 11.7. The highest BCUT2D eigenvalue weighted by molar-refractivity contribution is 7.39. The fourth-order valence-electron chi connectivity index (χ4n) is 2.43. The number of ether oxygens (including phenoxy) is 1. The number of hydrogen-bond acceptors (Lipinski definition) is 3. The first-order chi connectivity index (χ1) is 9.73. The summed E-state index contributed by atoms with van der Waals surface area (Å²) in [4.78, 5) is 21.2. The van der Waals surface area contributed by atoms with Crippen molar-refractivity contribution in [2.75, 3.05) is 0 Å². The molecule has 3 atom stereocenters. The molecule has 1 amide bonds. The van der Waals surface area contributed by atoms with Crippen LogP contribution in [0.5, 0.6) is 0 Å². The molecule has 21 heavy (non-hydrogen) atoms. The zero-order valence-corrected chi connectivity index (χ0v) is 14.3. The van der Waals surface area contributed by atoms with E-state index in [1.165, 1.54) is 0 Å². The van der Waals surface area contributed by atoms with Gasteiger partial charge in [0.2, 0.25) is 5.66 Å². The molecule has 0 aromatic heterocycles. The second-order valence-corrected chi connectivity index (χ2v) is 7.72. The summed E-state index contributed by atoms with van der Waals surface area (Å²) in [6.07, 6.45) is 5.68. The minimum atomic E-state index is -2.21. The lowest BCUT2D eigenvalue weighted by Gasteiger charge is -2.21. The zero-order valence-electron chi connectivity index (χ0n) is 13.4. The quantitative estimate of drug-likeness (QED) is 0.576. The molecule has 0 fully saturated rings. The van der Waals surface area contributed by atoms with Crippen molar-refractivity contribution in [3.63, 3.8) is 0 Å². The molecule has 3 unspecified atom stereocenters. The molecular weight excluding hydrogens is 289 g/mol. The van der Waals surface area contributed by atoms with Gasteiger partial charge in [0.1, 0.15) is 5.60 Å². The van der Waals surface area contributed by atoms with Crippen LogP contribution in [0.1, 0.15) is 59.8 Å². The van der Waals surface area contributed by atoms with Crippen LogP contribution in [0.2, 0.25) is 0 Å². The first-order valence-electron chi connectivity index (χ1n) is 7.58. The average molecular weight is 316 g/mol. The van der Waals surface area contributed by atoms with Gasteiger partial charge in [-0.25, -0.2) is 4.79 Å². The summed E-state index contributed by atoms with van der Waals surface area (Å²) in [5.41, 5.74) is 0.200. The van der Waals surface area contributed by atoms with Crippen molar-refractivity contribution in [2.45, 2.75) is 77.1 Å². The van der Waals surface area contributed by atoms with E-state index in [1.54, 1.807) is 0 Å². The third kappa shape index (κ3) is 6.58. The number of carbonyl (C=O) groups is 1. The Morgan fingerprint density at radius 3 is 2.76 bits per heavy atom. The molecule has 0 spiro atoms. The first-order valence-corrected chi connectivity index (χ1v) is 8.86. The van der Waals surface area contributed by atoms with Gasteiger partial charge in [-0.2, -0.15) is 4.89 Å². The standard InChI is InChI=1S/C15H26NO4P/c1-5-6-7-13(21(18)19)11-8-9-12(10-11)16-14(17)20-15(2,3)4/h10,12-13H,5-9H2,1-4H3,(H-,16,17,18,19)/p+1. The molecule has 0 heterocycles. The van der Waals surface area contributed by atoms with Crippen LogP contribution in [0.4, 0.5) is 4.79 Å². The topological polar surface area (TPSA) is 75.6 Å². The molecule has 120 valence electrons. The molecule has 0 bridgehead atoms. The van der Waals surface area contributed by atoms with Crippen molar-refractivity contribution in [3.8, 4) is 0 Å². The van der Waals surface area contributed by atoms with Crippen LogP contribution in [-0.2, 0) is 9.30 Å². The van der Waals surface area contributed by atoms with Gasteiger partial charge in [-0.05, 0) is 50.2 Å². The van der Waals surface area contributed by atoms with E-state index in [4.69, 9.17) is 4.74 Å². The molecule has 0 saturated carbocycles. The fraction of sp³-hybridized carbons (Fsp3) is 0.800. The van der Waals surface area contributed by atoms with Gasteiger partial charge in [-0.1, -0.05) is 19.4 Å². The molecule has 5 nitrogen and oxygen atoms in total. The van der Waals surface area contributed by atoms with Crippen molar-refractivity contribution in [3.05, 3.63) is 11.6 Å². The van der Waals surface area contributed by atoms with E-state index < -0.39 is 19.7 Å². The lowest BCUT2D eigenvalue weighted by Crippen LogP contribution is -2.37. The maximum absolute atomic E-state index is 11.7. The van der Waals surface area contributed by atoms with Crippen LogP contribution >= 0.6 is 8.03 Å². The van der Waals surface area contributed by atoms with E-state index in [-0.39, 0.29) is 11.7 Å². The molecule has 0 radical (unpaired) electrons. The lowest BCUT2D eigenvalue weighted by molar-refractivity contribution is 0.0514. The second kappa shape index (κ2) is 7.90. The Morgan fingerprint density at radius 1 is 1.57 bits per heavy atom. The van der Waals surface area contributed by atoms with Crippen LogP contribution in [0.15, 0.2) is 11.6 Å². The van der Waals surface area contributed by atoms with Gasteiger partial charge in [-0.3, -0.25) is 0 Å². The summed E-state index contributed by atoms with van der Waals surface area (Å²) >= 11 is 0. The highest BCUT2D eigenvalue weighted by atomic mass is 31.1. The number of nitrogens with one attached hydrogen (secondary N) is 1. The van der Waals surface area contributed by atoms with Crippen molar-refractivity contribution >= 4 is 14.1 Å². The largest absolute Gasteiger partial charge is 0.513 e. The average Bonchev–Trinajstić information content (AvgIpc) is 2.74. The van der Waals surface area contributed by atoms with Gasteiger partial charge in [0.05, 0.1) is 6.04 Å². The lowest BCUT2D eigenvalue weighted by atomic mass is 10.1. The van der Waals surface area contributed by atoms with Crippen LogP contribution in [-0.4, -0.2) is 28.3 Å². The SMILES string of the molecule is CCCCC(C1=CC(NC(=O)OC(C)(C)C)CC1)[P+](=O)O. The summed E-state index contributed by atoms with van der Waals surface area (Å²) in [6.45, 7) is 7.52. The van der Waals surface area contributed by atoms with Crippen LogP contribution in [0, 0.1) is 0 Å². The summed E-state index contributed by atoms with van der Waals surface area (Å²) < 4.78 is 16.7. The Balaban J connectivity index is 2.59. The second-order valence-electron chi connectivity index (χ2n) is 6.49. The number of allylic oxidation sites excluding steroid dienone is 1. The molecule has 0 aromatic carbocycles. The van der Waals surface area contributed by atoms with Gasteiger partial charge in [-0.15, -0.1) is 0 Å². The monoisotopic (exact) mass is 316 g/mol. The Kier molecular flexibility index (Phi) is 6.82. The molecule has 0 saturated heterocycles. The van der Waals surface area contributed by atoms with E-state index in [2.05, 4.69) is 12.2 Å². The highest BCUT2D eigenvalue weighted by Gasteiger charge is 2.35. The number of amides is 1. The summed E-state index contributed by atoms with van der Waals surface area (Å²) in [6, 6.07) is -0.103. The number of hydrogen-bond donors (Lipinski definition) is 2. The van der Waals surface area contributed by atoms with Gasteiger partial charge in [0.25, 0.3) is 0 Å². The smallest absolute Gasteiger partial charge is 0.444 e. The van der Waals surface area contributed by atoms with Crippen molar-refractivity contribution in [1.29, 1.82) is 0 Å². The van der Waals surface area contributed by atoms with E-state index >= 15 is 0 Å². The molecular formula is C15H27NO4P+. The van der Waals surface area contributed by atoms with E-state index in [0.717, 1.165) is 37.7 Å². The minimum absolute atomic E-state index is 0.103. The first kappa shape index (κ1) is 18.1. The van der Waals surface area contributed by atoms with Gasteiger partial charge in [0.15, 0.2) is 0 Å².